The molecule has 1 rings (SSSR count). The van der Waals surface area contributed by atoms with E-state index in [1.54, 1.807) is 6.92 Å². The highest BCUT2D eigenvalue weighted by Gasteiger charge is 2.12. The normalized spacial score (nSPS) is 25.3. The lowest BCUT2D eigenvalue weighted by Gasteiger charge is -2.09. The van der Waals surface area contributed by atoms with Gasteiger partial charge in [-0.15, -0.1) is 0 Å². The molecule has 0 aliphatic heterocycles. The van der Waals surface area contributed by atoms with Crippen molar-refractivity contribution in [3.05, 3.63) is 35.4 Å². The minimum Gasteiger partial charge on any atom is -0.481 e. The SMILES string of the molecule is [2H]C([2H])([2H])C(C)Cc1ccc(C([2H])(C(=O)O)C([2H])([2H])[2H])cc1. The van der Waals surface area contributed by atoms with Crippen molar-refractivity contribution < 1.29 is 19.5 Å². The van der Waals surface area contributed by atoms with Gasteiger partial charge in [-0.25, -0.2) is 0 Å². The van der Waals surface area contributed by atoms with Gasteiger partial charge in [0.05, 0.1) is 5.89 Å². The summed E-state index contributed by atoms with van der Waals surface area (Å²) in [5, 5.41) is 9.12. The Labute approximate surface area is 101 Å². The van der Waals surface area contributed by atoms with Gasteiger partial charge < -0.3 is 5.11 Å². The van der Waals surface area contributed by atoms with Crippen molar-refractivity contribution in [3.63, 3.8) is 0 Å². The molecule has 0 aromatic heterocycles. The Morgan fingerprint density at radius 2 is 2.13 bits per heavy atom. The third-order valence-corrected chi connectivity index (χ3v) is 2.00. The summed E-state index contributed by atoms with van der Waals surface area (Å²) >= 11 is 0. The number of carboxylic acids is 1. The van der Waals surface area contributed by atoms with Crippen LogP contribution in [0.1, 0.15) is 47.2 Å². The van der Waals surface area contributed by atoms with Crippen LogP contribution in [0.25, 0.3) is 0 Å². The van der Waals surface area contributed by atoms with Gasteiger partial charge in [0.2, 0.25) is 0 Å². The molecule has 0 spiro atoms. The zero-order chi connectivity index (χ0) is 17.3. The molecule has 0 bridgehead atoms. The Bertz CT molecular complexity index is 533. The number of hydrogen-bond acceptors (Lipinski definition) is 1. The summed E-state index contributed by atoms with van der Waals surface area (Å²) in [7, 11) is 0. The van der Waals surface area contributed by atoms with Gasteiger partial charge in [-0.1, -0.05) is 38.0 Å². The first-order valence-corrected chi connectivity index (χ1v) is 4.63. The highest BCUT2D eigenvalue weighted by atomic mass is 16.4. The summed E-state index contributed by atoms with van der Waals surface area (Å²) in [6, 6.07) is 5.45. The quantitative estimate of drug-likeness (QED) is 0.834. The van der Waals surface area contributed by atoms with Gasteiger partial charge in [0.25, 0.3) is 0 Å². The van der Waals surface area contributed by atoms with E-state index in [2.05, 4.69) is 0 Å². The average Bonchev–Trinajstić information content (AvgIpc) is 2.35. The van der Waals surface area contributed by atoms with Crippen LogP contribution >= 0.6 is 0 Å². The van der Waals surface area contributed by atoms with Gasteiger partial charge in [0.15, 0.2) is 0 Å². The van der Waals surface area contributed by atoms with Crippen molar-refractivity contribution in [1.82, 2.24) is 0 Å². The van der Waals surface area contributed by atoms with Crippen molar-refractivity contribution in [2.24, 2.45) is 5.92 Å². The van der Waals surface area contributed by atoms with E-state index in [-0.39, 0.29) is 12.0 Å². The molecule has 0 fully saturated rings. The Morgan fingerprint density at radius 3 is 2.60 bits per heavy atom. The predicted octanol–water partition coefficient (Wildman–Crippen LogP) is 3.07. The topological polar surface area (TPSA) is 37.3 Å². The summed E-state index contributed by atoms with van der Waals surface area (Å²) in [6.45, 7) is -3.54. The van der Waals surface area contributed by atoms with E-state index in [1.807, 2.05) is 0 Å². The standard InChI is InChI=1S/C13H18O2/c1-9(2)8-11-4-6-12(7-5-11)10(3)13(14)15/h4-7,9-10H,8H2,1-3H3,(H,14,15)/i1D3,3D3,10D. The molecule has 0 amide bonds. The maximum absolute atomic E-state index is 11.2. The first kappa shape index (κ1) is 5.15. The molecule has 15 heavy (non-hydrogen) atoms. The molecular formula is C13H18O2. The molecule has 0 saturated carbocycles. The Balaban J connectivity index is 3.09. The van der Waals surface area contributed by atoms with Gasteiger partial charge in [-0.05, 0) is 30.3 Å². The van der Waals surface area contributed by atoms with Gasteiger partial charge >= 0.3 is 5.97 Å². The van der Waals surface area contributed by atoms with E-state index in [9.17, 15) is 4.79 Å². The molecule has 1 aromatic rings. The van der Waals surface area contributed by atoms with Crippen molar-refractivity contribution in [2.45, 2.75) is 32.9 Å². The Morgan fingerprint density at radius 1 is 1.47 bits per heavy atom. The van der Waals surface area contributed by atoms with E-state index in [4.69, 9.17) is 14.7 Å². The van der Waals surface area contributed by atoms with Crippen molar-refractivity contribution >= 4 is 5.97 Å². The van der Waals surface area contributed by atoms with Crippen LogP contribution in [-0.4, -0.2) is 11.1 Å². The minimum absolute atomic E-state index is 0.162. The van der Waals surface area contributed by atoms with Gasteiger partial charge in [-0.3, -0.25) is 4.79 Å². The number of carboxylic acid groups (broad SMARTS) is 1. The van der Waals surface area contributed by atoms with Crippen LogP contribution in [0.15, 0.2) is 24.3 Å². The number of aliphatic carboxylic acids is 1. The third kappa shape index (κ3) is 3.39. The summed E-state index contributed by atoms with van der Waals surface area (Å²) in [6.07, 6.45) is 0.253. The van der Waals surface area contributed by atoms with Crippen LogP contribution in [0.3, 0.4) is 0 Å². The van der Waals surface area contributed by atoms with E-state index in [0.717, 1.165) is 0 Å². The Kier molecular flexibility index (Phi) is 1.70. The van der Waals surface area contributed by atoms with E-state index >= 15 is 0 Å². The van der Waals surface area contributed by atoms with E-state index in [1.165, 1.54) is 24.3 Å². The molecule has 1 N–H and O–H groups in total. The van der Waals surface area contributed by atoms with Crippen LogP contribution in [0.2, 0.25) is 0 Å². The monoisotopic (exact) mass is 213 g/mol. The maximum Gasteiger partial charge on any atom is 0.310 e. The van der Waals surface area contributed by atoms with Crippen molar-refractivity contribution in [3.8, 4) is 0 Å². The lowest BCUT2D eigenvalue weighted by atomic mass is 9.97. The largest absolute Gasteiger partial charge is 0.481 e. The zero-order valence-corrected chi connectivity index (χ0v) is 8.45. The smallest absolute Gasteiger partial charge is 0.310 e. The van der Waals surface area contributed by atoms with Crippen LogP contribution < -0.4 is 0 Å². The number of hydrogen-bond donors (Lipinski definition) is 1. The molecule has 2 atom stereocenters. The second-order valence-corrected chi connectivity index (χ2v) is 3.48. The molecular weight excluding hydrogens is 188 g/mol. The first-order valence-electron chi connectivity index (χ1n) is 8.13. The molecule has 0 aliphatic rings. The molecule has 2 heteroatoms. The fraction of sp³-hybridized carbons (Fsp3) is 0.462. The molecule has 1 aromatic carbocycles. The summed E-state index contributed by atoms with van der Waals surface area (Å²) in [4.78, 5) is 11.2. The fourth-order valence-electron chi connectivity index (χ4n) is 1.28. The lowest BCUT2D eigenvalue weighted by molar-refractivity contribution is -0.138. The highest BCUT2D eigenvalue weighted by molar-refractivity contribution is 5.75. The van der Waals surface area contributed by atoms with Crippen LogP contribution in [0, 0.1) is 5.92 Å². The average molecular weight is 213 g/mol. The molecule has 2 unspecified atom stereocenters. The second-order valence-electron chi connectivity index (χ2n) is 3.48. The molecule has 0 radical (unpaired) electrons. The summed E-state index contributed by atoms with van der Waals surface area (Å²) in [5.74, 6) is -5.08. The number of carbonyl (C=O) groups is 1. The van der Waals surface area contributed by atoms with Gasteiger partial charge in [0.1, 0.15) is 0 Å². The van der Waals surface area contributed by atoms with Crippen LogP contribution in [0.4, 0.5) is 0 Å². The lowest BCUT2D eigenvalue weighted by Crippen LogP contribution is -2.07. The molecule has 0 saturated heterocycles. The zero-order valence-electron chi connectivity index (χ0n) is 15.4. The van der Waals surface area contributed by atoms with Crippen LogP contribution in [-0.2, 0) is 11.2 Å². The predicted molar refractivity (Wildman–Crippen MR) is 61.0 cm³/mol. The van der Waals surface area contributed by atoms with Crippen molar-refractivity contribution in [2.75, 3.05) is 0 Å². The molecule has 0 heterocycles. The summed E-state index contributed by atoms with van der Waals surface area (Å²) in [5.41, 5.74) is 0.482. The van der Waals surface area contributed by atoms with E-state index in [0.29, 0.717) is 5.56 Å². The van der Waals surface area contributed by atoms with Crippen molar-refractivity contribution in [1.29, 1.82) is 0 Å². The summed E-state index contributed by atoms with van der Waals surface area (Å²) < 4.78 is 51.7. The number of benzene rings is 1. The highest BCUT2D eigenvalue weighted by Crippen LogP contribution is 2.17. The third-order valence-electron chi connectivity index (χ3n) is 2.00. The fourth-order valence-corrected chi connectivity index (χ4v) is 1.28. The minimum atomic E-state index is -3.02. The second kappa shape index (κ2) is 4.96. The molecule has 2 nitrogen and oxygen atoms in total. The first-order chi connectivity index (χ1) is 9.80. The maximum atomic E-state index is 11.2. The molecule has 82 valence electrons. The number of rotatable bonds is 4. The van der Waals surface area contributed by atoms with Gasteiger partial charge in [0, 0.05) is 9.60 Å². The molecule has 0 aliphatic carbocycles. The van der Waals surface area contributed by atoms with Crippen LogP contribution in [0.5, 0.6) is 0 Å². The Hall–Kier alpha value is -1.31. The van der Waals surface area contributed by atoms with Gasteiger partial charge in [-0.2, -0.15) is 0 Å². The van der Waals surface area contributed by atoms with E-state index < -0.39 is 31.5 Å².